The van der Waals surface area contributed by atoms with Crippen LogP contribution in [0.5, 0.6) is 11.5 Å². The fourth-order valence-corrected chi connectivity index (χ4v) is 3.31. The van der Waals surface area contributed by atoms with Crippen LogP contribution in [0.15, 0.2) is 48.5 Å². The minimum Gasteiger partial charge on any atom is -0.486 e. The second kappa shape index (κ2) is 7.15. The average molecular weight is 338 g/mol. The molecule has 2 aromatic carbocycles. The fraction of sp³-hybridized carbons (Fsp3) is 0.350. The molecule has 25 heavy (non-hydrogen) atoms. The molecule has 2 aliphatic rings. The number of carbonyl (C=O) groups is 1. The minimum absolute atomic E-state index is 0.130. The first-order valence-corrected chi connectivity index (χ1v) is 8.75. The summed E-state index contributed by atoms with van der Waals surface area (Å²) in [6, 6.07) is 15.9. The van der Waals surface area contributed by atoms with Crippen molar-refractivity contribution in [3.05, 3.63) is 54.1 Å². The molecule has 130 valence electrons. The van der Waals surface area contributed by atoms with E-state index in [4.69, 9.17) is 9.47 Å². The number of rotatable bonds is 4. The lowest BCUT2D eigenvalue weighted by molar-refractivity contribution is 0.0925. The summed E-state index contributed by atoms with van der Waals surface area (Å²) in [4.78, 5) is 17.2. The molecule has 5 nitrogen and oxygen atoms in total. The highest BCUT2D eigenvalue weighted by atomic mass is 16.6. The predicted molar refractivity (Wildman–Crippen MR) is 96.9 cm³/mol. The second-order valence-corrected chi connectivity index (χ2v) is 6.38. The lowest BCUT2D eigenvalue weighted by atomic mass is 10.1. The van der Waals surface area contributed by atoms with E-state index >= 15 is 0 Å². The molecule has 2 aromatic rings. The van der Waals surface area contributed by atoms with Crippen molar-refractivity contribution in [2.75, 3.05) is 50.8 Å². The van der Waals surface area contributed by atoms with Crippen LogP contribution in [-0.2, 0) is 0 Å². The van der Waals surface area contributed by atoms with Gasteiger partial charge < -0.3 is 14.4 Å². The molecule has 1 saturated heterocycles. The summed E-state index contributed by atoms with van der Waals surface area (Å²) in [7, 11) is 0. The van der Waals surface area contributed by atoms with E-state index in [9.17, 15) is 4.79 Å². The van der Waals surface area contributed by atoms with Gasteiger partial charge in [0.1, 0.15) is 13.2 Å². The Labute approximate surface area is 147 Å². The van der Waals surface area contributed by atoms with E-state index in [1.165, 1.54) is 5.69 Å². The Morgan fingerprint density at radius 3 is 2.36 bits per heavy atom. The summed E-state index contributed by atoms with van der Waals surface area (Å²) < 4.78 is 11.1. The van der Waals surface area contributed by atoms with Gasteiger partial charge in [0.25, 0.3) is 0 Å². The van der Waals surface area contributed by atoms with Crippen molar-refractivity contribution in [3.63, 3.8) is 0 Å². The number of piperazine rings is 1. The third-order valence-corrected chi connectivity index (χ3v) is 4.72. The largest absolute Gasteiger partial charge is 0.486 e. The molecule has 0 saturated carbocycles. The minimum atomic E-state index is 0.130. The van der Waals surface area contributed by atoms with Gasteiger partial charge >= 0.3 is 0 Å². The van der Waals surface area contributed by atoms with Gasteiger partial charge in [-0.15, -0.1) is 0 Å². The van der Waals surface area contributed by atoms with E-state index in [1.807, 2.05) is 18.2 Å². The number of ketones is 1. The normalized spacial score (nSPS) is 17.4. The molecule has 0 N–H and O–H groups in total. The van der Waals surface area contributed by atoms with Gasteiger partial charge in [-0.2, -0.15) is 0 Å². The Morgan fingerprint density at radius 1 is 0.880 bits per heavy atom. The number of para-hydroxylation sites is 1. The highest BCUT2D eigenvalue weighted by Crippen LogP contribution is 2.31. The van der Waals surface area contributed by atoms with Crippen molar-refractivity contribution in [2.24, 2.45) is 0 Å². The van der Waals surface area contributed by atoms with Gasteiger partial charge in [0.15, 0.2) is 17.3 Å². The molecule has 2 aliphatic heterocycles. The van der Waals surface area contributed by atoms with Crippen molar-refractivity contribution < 1.29 is 14.3 Å². The third-order valence-electron chi connectivity index (χ3n) is 4.72. The van der Waals surface area contributed by atoms with Crippen molar-refractivity contribution in [1.29, 1.82) is 0 Å². The molecule has 0 aromatic heterocycles. The fourth-order valence-electron chi connectivity index (χ4n) is 3.31. The van der Waals surface area contributed by atoms with Crippen LogP contribution in [0.4, 0.5) is 5.69 Å². The first-order chi connectivity index (χ1) is 12.3. The zero-order valence-corrected chi connectivity index (χ0v) is 14.2. The molecule has 1 fully saturated rings. The number of ether oxygens (including phenoxy) is 2. The number of nitrogens with zero attached hydrogens (tertiary/aromatic N) is 2. The van der Waals surface area contributed by atoms with Crippen molar-refractivity contribution >= 4 is 11.5 Å². The maximum atomic E-state index is 12.6. The maximum Gasteiger partial charge on any atom is 0.176 e. The zero-order valence-electron chi connectivity index (χ0n) is 14.2. The number of Topliss-reactive ketones (excluding diaryl/α,β-unsaturated/α-hetero) is 1. The number of fused-ring (bicyclic) bond motifs is 1. The second-order valence-electron chi connectivity index (χ2n) is 6.38. The third kappa shape index (κ3) is 3.61. The molecule has 0 radical (unpaired) electrons. The topological polar surface area (TPSA) is 42.0 Å². The first kappa shape index (κ1) is 16.0. The van der Waals surface area contributed by atoms with E-state index in [2.05, 4.69) is 34.1 Å². The first-order valence-electron chi connectivity index (χ1n) is 8.75. The Kier molecular flexibility index (Phi) is 4.57. The lowest BCUT2D eigenvalue weighted by Crippen LogP contribution is -2.48. The zero-order chi connectivity index (χ0) is 17.1. The highest BCUT2D eigenvalue weighted by Gasteiger charge is 2.21. The van der Waals surface area contributed by atoms with Gasteiger partial charge in [-0.3, -0.25) is 9.69 Å². The van der Waals surface area contributed by atoms with Crippen molar-refractivity contribution in [1.82, 2.24) is 4.90 Å². The van der Waals surface area contributed by atoms with Crippen LogP contribution in [0.2, 0.25) is 0 Å². The Balaban J connectivity index is 1.35. The number of benzene rings is 2. The van der Waals surface area contributed by atoms with E-state index < -0.39 is 0 Å². The SMILES string of the molecule is O=C(CN1CCN(c2ccccc2)CC1)c1ccc2c(c1)OCCO2. The number of hydrogen-bond acceptors (Lipinski definition) is 5. The standard InChI is InChI=1S/C20H22N2O3/c23-18(16-6-7-19-20(14-16)25-13-12-24-19)15-21-8-10-22(11-9-21)17-4-2-1-3-5-17/h1-7,14H,8-13,15H2. The van der Waals surface area contributed by atoms with E-state index in [1.54, 1.807) is 6.07 Å². The molecule has 0 aliphatic carbocycles. The monoisotopic (exact) mass is 338 g/mol. The molecule has 0 unspecified atom stereocenters. The van der Waals surface area contributed by atoms with Crippen molar-refractivity contribution in [2.45, 2.75) is 0 Å². The Hall–Kier alpha value is -2.53. The van der Waals surface area contributed by atoms with E-state index in [0.717, 1.165) is 31.9 Å². The molecular formula is C20H22N2O3. The molecule has 0 amide bonds. The summed E-state index contributed by atoms with van der Waals surface area (Å²) >= 11 is 0. The summed E-state index contributed by atoms with van der Waals surface area (Å²) in [5.41, 5.74) is 1.94. The van der Waals surface area contributed by atoms with Gasteiger partial charge in [-0.25, -0.2) is 0 Å². The van der Waals surface area contributed by atoms with Gasteiger partial charge in [-0.1, -0.05) is 18.2 Å². The van der Waals surface area contributed by atoms with Crippen LogP contribution in [0.1, 0.15) is 10.4 Å². The Bertz CT molecular complexity index is 740. The van der Waals surface area contributed by atoms with Crippen LogP contribution in [0.3, 0.4) is 0 Å². The summed E-state index contributed by atoms with van der Waals surface area (Å²) in [5, 5.41) is 0. The van der Waals surface area contributed by atoms with Gasteiger partial charge in [0.2, 0.25) is 0 Å². The highest BCUT2D eigenvalue weighted by molar-refractivity contribution is 5.98. The lowest BCUT2D eigenvalue weighted by Gasteiger charge is -2.35. The molecule has 4 rings (SSSR count). The molecular weight excluding hydrogens is 316 g/mol. The van der Waals surface area contributed by atoms with Gasteiger partial charge in [0, 0.05) is 37.4 Å². The molecule has 2 heterocycles. The quantitative estimate of drug-likeness (QED) is 0.801. The number of carbonyl (C=O) groups excluding carboxylic acids is 1. The summed E-state index contributed by atoms with van der Waals surface area (Å²) in [6.07, 6.45) is 0. The van der Waals surface area contributed by atoms with Crippen LogP contribution < -0.4 is 14.4 Å². The number of anilines is 1. The van der Waals surface area contributed by atoms with Gasteiger partial charge in [-0.05, 0) is 30.3 Å². The van der Waals surface area contributed by atoms with Crippen LogP contribution in [0.25, 0.3) is 0 Å². The molecule has 0 spiro atoms. The van der Waals surface area contributed by atoms with Crippen molar-refractivity contribution in [3.8, 4) is 11.5 Å². The van der Waals surface area contributed by atoms with E-state index in [0.29, 0.717) is 31.1 Å². The van der Waals surface area contributed by atoms with Crippen LogP contribution in [0, 0.1) is 0 Å². The molecule has 0 bridgehead atoms. The van der Waals surface area contributed by atoms with Gasteiger partial charge in [0.05, 0.1) is 6.54 Å². The van der Waals surface area contributed by atoms with Crippen LogP contribution in [-0.4, -0.2) is 56.6 Å². The average Bonchev–Trinajstić information content (AvgIpc) is 2.69. The molecule has 0 atom stereocenters. The maximum absolute atomic E-state index is 12.6. The summed E-state index contributed by atoms with van der Waals surface area (Å²) in [5.74, 6) is 1.52. The van der Waals surface area contributed by atoms with E-state index in [-0.39, 0.29) is 5.78 Å². The summed E-state index contributed by atoms with van der Waals surface area (Å²) in [6.45, 7) is 5.22. The number of hydrogen-bond donors (Lipinski definition) is 0. The predicted octanol–water partition coefficient (Wildman–Crippen LogP) is 2.46. The molecule has 5 heteroatoms. The Morgan fingerprint density at radius 2 is 1.60 bits per heavy atom. The van der Waals surface area contributed by atoms with Crippen LogP contribution >= 0.6 is 0 Å². The smallest absolute Gasteiger partial charge is 0.176 e.